The molecule has 0 amide bonds. The van der Waals surface area contributed by atoms with E-state index in [9.17, 15) is 0 Å². The SMILES string of the molecule is CC1(C)c2cc(-c3cccc4c3oc3ccccc34)ccc2-c2c(Cl)cccc21. The first-order valence-electron chi connectivity index (χ1n) is 9.90. The molecule has 4 aromatic carbocycles. The van der Waals surface area contributed by atoms with E-state index in [0.717, 1.165) is 32.5 Å². The highest BCUT2D eigenvalue weighted by Crippen LogP contribution is 2.52. The summed E-state index contributed by atoms with van der Waals surface area (Å²) in [5, 5.41) is 3.13. The molecule has 2 heteroatoms. The van der Waals surface area contributed by atoms with Gasteiger partial charge in [0.05, 0.1) is 0 Å². The van der Waals surface area contributed by atoms with Gasteiger partial charge in [-0.15, -0.1) is 0 Å². The van der Waals surface area contributed by atoms with Crippen molar-refractivity contribution in [3.05, 3.63) is 95.0 Å². The van der Waals surface area contributed by atoms with E-state index in [2.05, 4.69) is 68.4 Å². The fourth-order valence-electron chi connectivity index (χ4n) is 4.89. The second kappa shape index (κ2) is 5.75. The Labute approximate surface area is 174 Å². The van der Waals surface area contributed by atoms with Gasteiger partial charge in [-0.2, -0.15) is 0 Å². The largest absolute Gasteiger partial charge is 0.455 e. The summed E-state index contributed by atoms with van der Waals surface area (Å²) in [5.41, 5.74) is 9.08. The predicted molar refractivity (Wildman–Crippen MR) is 122 cm³/mol. The Balaban J connectivity index is 1.62. The van der Waals surface area contributed by atoms with Crippen LogP contribution in [0.2, 0.25) is 5.02 Å². The third-order valence-corrected chi connectivity index (χ3v) is 6.68. The van der Waals surface area contributed by atoms with E-state index in [1.807, 2.05) is 24.3 Å². The Kier molecular flexibility index (Phi) is 3.34. The number of rotatable bonds is 1. The average molecular weight is 395 g/mol. The maximum absolute atomic E-state index is 6.59. The molecule has 0 saturated heterocycles. The first-order valence-corrected chi connectivity index (χ1v) is 10.3. The lowest BCUT2D eigenvalue weighted by Gasteiger charge is -2.22. The molecule has 0 radical (unpaired) electrons. The summed E-state index contributed by atoms with van der Waals surface area (Å²) in [5.74, 6) is 0. The summed E-state index contributed by atoms with van der Waals surface area (Å²) in [6.07, 6.45) is 0. The normalized spacial score (nSPS) is 14.3. The number of fused-ring (bicyclic) bond motifs is 6. The van der Waals surface area contributed by atoms with Crippen molar-refractivity contribution in [2.24, 2.45) is 0 Å². The zero-order chi connectivity index (χ0) is 19.8. The monoisotopic (exact) mass is 394 g/mol. The number of furan rings is 1. The maximum atomic E-state index is 6.59. The molecule has 0 saturated carbocycles. The smallest absolute Gasteiger partial charge is 0.143 e. The van der Waals surface area contributed by atoms with E-state index in [1.165, 1.54) is 27.8 Å². The molecule has 1 nitrogen and oxygen atoms in total. The first kappa shape index (κ1) is 16.9. The van der Waals surface area contributed by atoms with Crippen LogP contribution in [0.4, 0.5) is 0 Å². The maximum Gasteiger partial charge on any atom is 0.143 e. The van der Waals surface area contributed by atoms with Crippen molar-refractivity contribution >= 4 is 33.5 Å². The number of para-hydroxylation sites is 2. The lowest BCUT2D eigenvalue weighted by atomic mass is 9.81. The van der Waals surface area contributed by atoms with Gasteiger partial charge in [-0.3, -0.25) is 0 Å². The Hall–Kier alpha value is -3.03. The molecule has 0 bridgehead atoms. The zero-order valence-electron chi connectivity index (χ0n) is 16.3. The molecule has 1 heterocycles. The molecule has 0 unspecified atom stereocenters. The van der Waals surface area contributed by atoms with E-state index in [1.54, 1.807) is 0 Å². The van der Waals surface area contributed by atoms with Crippen LogP contribution in [-0.2, 0) is 5.41 Å². The molecule has 1 aromatic heterocycles. The fourth-order valence-corrected chi connectivity index (χ4v) is 5.16. The van der Waals surface area contributed by atoms with Crippen LogP contribution in [0.25, 0.3) is 44.2 Å². The lowest BCUT2D eigenvalue weighted by Crippen LogP contribution is -2.14. The molecular weight excluding hydrogens is 376 g/mol. The Morgan fingerprint density at radius 1 is 0.724 bits per heavy atom. The average Bonchev–Trinajstić information content (AvgIpc) is 3.22. The number of benzene rings is 4. The minimum atomic E-state index is -0.0899. The van der Waals surface area contributed by atoms with Crippen molar-refractivity contribution in [2.75, 3.05) is 0 Å². The van der Waals surface area contributed by atoms with E-state index in [-0.39, 0.29) is 5.41 Å². The third kappa shape index (κ3) is 2.22. The van der Waals surface area contributed by atoms with Crippen molar-refractivity contribution in [1.82, 2.24) is 0 Å². The van der Waals surface area contributed by atoms with Gasteiger partial charge in [0.2, 0.25) is 0 Å². The highest BCUT2D eigenvalue weighted by Gasteiger charge is 2.36. The van der Waals surface area contributed by atoms with Crippen LogP contribution in [0.5, 0.6) is 0 Å². The Bertz CT molecular complexity index is 1440. The minimum Gasteiger partial charge on any atom is -0.455 e. The van der Waals surface area contributed by atoms with Gasteiger partial charge in [-0.25, -0.2) is 0 Å². The first-order chi connectivity index (χ1) is 14.1. The standard InChI is InChI=1S/C27H19ClO/c1-27(2)21-10-6-11-23(28)25(21)20-14-13-16(15-22(20)27)17-8-5-9-19-18-7-3-4-12-24(18)29-26(17)19/h3-15H,1-2H3. The number of hydrogen-bond donors (Lipinski definition) is 0. The van der Waals surface area contributed by atoms with Crippen molar-refractivity contribution in [3.8, 4) is 22.3 Å². The van der Waals surface area contributed by atoms with Gasteiger partial charge < -0.3 is 4.42 Å². The molecular formula is C27H19ClO. The number of hydrogen-bond acceptors (Lipinski definition) is 1. The highest BCUT2D eigenvalue weighted by atomic mass is 35.5. The van der Waals surface area contributed by atoms with Crippen LogP contribution >= 0.6 is 11.6 Å². The van der Waals surface area contributed by atoms with E-state index in [0.29, 0.717) is 0 Å². The zero-order valence-corrected chi connectivity index (χ0v) is 17.0. The second-order valence-corrected chi connectivity index (χ2v) is 8.74. The Morgan fingerprint density at radius 3 is 2.41 bits per heavy atom. The fraction of sp³-hybridized carbons (Fsp3) is 0.111. The molecule has 1 aliphatic rings. The molecule has 29 heavy (non-hydrogen) atoms. The summed E-state index contributed by atoms with van der Waals surface area (Å²) in [6, 6.07) is 27.6. The molecule has 0 aliphatic heterocycles. The van der Waals surface area contributed by atoms with Crippen LogP contribution in [0.1, 0.15) is 25.0 Å². The molecule has 0 fully saturated rings. The Morgan fingerprint density at radius 2 is 1.52 bits per heavy atom. The molecule has 6 rings (SSSR count). The van der Waals surface area contributed by atoms with Crippen LogP contribution in [-0.4, -0.2) is 0 Å². The predicted octanol–water partition coefficient (Wildman–Crippen LogP) is 8.21. The van der Waals surface area contributed by atoms with Crippen LogP contribution in [0.3, 0.4) is 0 Å². The van der Waals surface area contributed by atoms with Gasteiger partial charge in [0.1, 0.15) is 11.2 Å². The topological polar surface area (TPSA) is 13.1 Å². The van der Waals surface area contributed by atoms with Crippen molar-refractivity contribution in [1.29, 1.82) is 0 Å². The third-order valence-electron chi connectivity index (χ3n) is 6.36. The summed E-state index contributed by atoms with van der Waals surface area (Å²) in [4.78, 5) is 0. The molecule has 0 N–H and O–H groups in total. The van der Waals surface area contributed by atoms with Crippen molar-refractivity contribution in [3.63, 3.8) is 0 Å². The van der Waals surface area contributed by atoms with Gasteiger partial charge in [0.25, 0.3) is 0 Å². The van der Waals surface area contributed by atoms with Gasteiger partial charge >= 0.3 is 0 Å². The van der Waals surface area contributed by atoms with Crippen molar-refractivity contribution in [2.45, 2.75) is 19.3 Å². The van der Waals surface area contributed by atoms with Gasteiger partial charge in [-0.1, -0.05) is 86.1 Å². The number of halogens is 1. The van der Waals surface area contributed by atoms with Crippen LogP contribution in [0.15, 0.2) is 83.3 Å². The summed E-state index contributed by atoms with van der Waals surface area (Å²) in [6.45, 7) is 4.55. The van der Waals surface area contributed by atoms with Crippen LogP contribution in [0, 0.1) is 0 Å². The second-order valence-electron chi connectivity index (χ2n) is 8.33. The molecule has 0 atom stereocenters. The van der Waals surface area contributed by atoms with E-state index >= 15 is 0 Å². The lowest BCUT2D eigenvalue weighted by molar-refractivity contribution is 0.660. The summed E-state index contributed by atoms with van der Waals surface area (Å²) in [7, 11) is 0. The van der Waals surface area contributed by atoms with E-state index < -0.39 is 0 Å². The summed E-state index contributed by atoms with van der Waals surface area (Å²) >= 11 is 6.59. The van der Waals surface area contributed by atoms with Gasteiger partial charge in [-0.05, 0) is 40.5 Å². The van der Waals surface area contributed by atoms with E-state index in [4.69, 9.17) is 16.0 Å². The highest BCUT2D eigenvalue weighted by molar-refractivity contribution is 6.34. The summed E-state index contributed by atoms with van der Waals surface area (Å²) < 4.78 is 6.27. The van der Waals surface area contributed by atoms with Crippen LogP contribution < -0.4 is 0 Å². The van der Waals surface area contributed by atoms with Gasteiger partial charge in [0, 0.05) is 32.3 Å². The van der Waals surface area contributed by atoms with Crippen molar-refractivity contribution < 1.29 is 4.42 Å². The molecule has 0 spiro atoms. The van der Waals surface area contributed by atoms with Gasteiger partial charge in [0.15, 0.2) is 0 Å². The molecule has 140 valence electrons. The molecule has 1 aliphatic carbocycles. The quantitative estimate of drug-likeness (QED) is 0.279. The molecule has 5 aromatic rings. The minimum absolute atomic E-state index is 0.0899.